The fourth-order valence-electron chi connectivity index (χ4n) is 3.38. The highest BCUT2D eigenvalue weighted by atomic mass is 28.4. The van der Waals surface area contributed by atoms with Gasteiger partial charge in [0.1, 0.15) is 0 Å². The third-order valence-corrected chi connectivity index (χ3v) is 12.8. The Morgan fingerprint density at radius 2 is 0.750 bits per heavy atom. The van der Waals surface area contributed by atoms with Crippen molar-refractivity contribution in [1.29, 1.82) is 0 Å². The van der Waals surface area contributed by atoms with E-state index < -0.39 is 17.1 Å². The van der Waals surface area contributed by atoms with Crippen LogP contribution in [0, 0.1) is 0 Å². The molecule has 0 N–H and O–H groups in total. The Labute approximate surface area is 179 Å². The number of unbranched alkanes of at least 4 members (excludes halogenated alkanes) is 4. The van der Waals surface area contributed by atoms with E-state index in [0.717, 1.165) is 25.3 Å². The second-order valence-corrected chi connectivity index (χ2v) is 14.5. The molecule has 0 aromatic rings. The molecule has 6 heteroatoms. The van der Waals surface area contributed by atoms with E-state index in [1.165, 1.54) is 63.5 Å². The first-order valence-electron chi connectivity index (χ1n) is 11.9. The lowest BCUT2D eigenvalue weighted by Gasteiger charge is -2.30. The second-order valence-electron chi connectivity index (χ2n) is 7.51. The molecule has 0 aromatic carbocycles. The fraction of sp³-hybridized carbons (Fsp3) is 1.00. The molecule has 0 saturated heterocycles. The summed E-state index contributed by atoms with van der Waals surface area (Å²) in [4.78, 5) is 0. The molecule has 28 heavy (non-hydrogen) atoms. The zero-order valence-corrected chi connectivity index (χ0v) is 22.5. The van der Waals surface area contributed by atoms with Gasteiger partial charge in [-0.25, -0.2) is 0 Å². The van der Waals surface area contributed by atoms with Gasteiger partial charge in [0.2, 0.25) is 0 Å². The van der Waals surface area contributed by atoms with Crippen molar-refractivity contribution in [1.82, 2.24) is 0 Å². The van der Waals surface area contributed by atoms with Crippen LogP contribution < -0.4 is 0 Å². The highest BCUT2D eigenvalue weighted by molar-refractivity contribution is 6.67. The fourth-order valence-corrected chi connectivity index (χ4v) is 10.1. The van der Waals surface area contributed by atoms with Gasteiger partial charge in [0.05, 0.1) is 0 Å². The molecule has 0 spiro atoms. The minimum atomic E-state index is -1.84. The average molecular weight is 437 g/mol. The summed E-state index contributed by atoms with van der Waals surface area (Å²) < 4.78 is 23.2. The summed E-state index contributed by atoms with van der Waals surface area (Å²) in [5.41, 5.74) is 0. The summed E-state index contributed by atoms with van der Waals surface area (Å²) in [7, 11) is -0.00968. The van der Waals surface area contributed by atoms with Crippen molar-refractivity contribution in [3.8, 4) is 0 Å². The van der Waals surface area contributed by atoms with E-state index in [4.69, 9.17) is 17.7 Å². The van der Waals surface area contributed by atoms with Crippen molar-refractivity contribution in [3.05, 3.63) is 0 Å². The van der Waals surface area contributed by atoms with Crippen LogP contribution in [0.25, 0.3) is 0 Å². The predicted octanol–water partition coefficient (Wildman–Crippen LogP) is 7.42. The topological polar surface area (TPSA) is 36.9 Å². The maximum atomic E-state index is 5.99. The zero-order valence-electron chi connectivity index (χ0n) is 20.5. The van der Waals surface area contributed by atoms with Crippen LogP contribution in [0.15, 0.2) is 0 Å². The van der Waals surface area contributed by atoms with Gasteiger partial charge in [-0.05, 0) is 38.0 Å². The smallest absolute Gasteiger partial charge is 0.338 e. The van der Waals surface area contributed by atoms with Crippen molar-refractivity contribution >= 4 is 17.1 Å². The molecule has 0 aliphatic carbocycles. The molecule has 0 aliphatic heterocycles. The van der Waals surface area contributed by atoms with Crippen LogP contribution in [0.3, 0.4) is 0 Å². The largest absolute Gasteiger partial charge is 0.398 e. The normalized spacial score (nSPS) is 12.0. The van der Waals surface area contributed by atoms with Gasteiger partial charge in [0.15, 0.2) is 0 Å². The Morgan fingerprint density at radius 1 is 0.464 bits per heavy atom. The first kappa shape index (κ1) is 30.5. The maximum Gasteiger partial charge on any atom is 0.338 e. The Balaban J connectivity index is 0. The molecule has 0 heterocycles. The lowest BCUT2D eigenvalue weighted by atomic mass is 10.4. The first-order chi connectivity index (χ1) is 13.5. The highest BCUT2D eigenvalue weighted by Gasteiger charge is 2.35. The van der Waals surface area contributed by atoms with Crippen molar-refractivity contribution in [2.45, 2.75) is 117 Å². The first-order valence-corrected chi connectivity index (χ1v) is 16.3. The highest BCUT2D eigenvalue weighted by Crippen LogP contribution is 2.25. The quantitative estimate of drug-likeness (QED) is 0.209. The lowest BCUT2D eigenvalue weighted by molar-refractivity contribution is 0.180. The third kappa shape index (κ3) is 14.3. The van der Waals surface area contributed by atoms with E-state index in [1.54, 1.807) is 14.2 Å². The molecule has 0 unspecified atom stereocenters. The van der Waals surface area contributed by atoms with Crippen LogP contribution in [0.5, 0.6) is 0 Å². The van der Waals surface area contributed by atoms with E-state index in [1.807, 2.05) is 0 Å². The van der Waals surface area contributed by atoms with Crippen LogP contribution in [0.4, 0.5) is 0 Å². The van der Waals surface area contributed by atoms with Gasteiger partial charge in [-0.15, -0.1) is 0 Å². The zero-order chi connectivity index (χ0) is 21.7. The summed E-state index contributed by atoms with van der Waals surface area (Å²) >= 11 is 0. The summed E-state index contributed by atoms with van der Waals surface area (Å²) in [6.07, 6.45) is 9.89. The van der Waals surface area contributed by atoms with Crippen LogP contribution in [-0.4, -0.2) is 44.6 Å². The van der Waals surface area contributed by atoms with Gasteiger partial charge >= 0.3 is 17.1 Å². The molecular formula is C22H52O4Si2. The third-order valence-electron chi connectivity index (χ3n) is 5.20. The van der Waals surface area contributed by atoms with Crippen molar-refractivity contribution in [3.63, 3.8) is 0 Å². The Hall–Kier alpha value is 0.274. The van der Waals surface area contributed by atoms with Crippen molar-refractivity contribution in [2.75, 3.05) is 27.4 Å². The number of hydrogen-bond acceptors (Lipinski definition) is 4. The van der Waals surface area contributed by atoms with Crippen molar-refractivity contribution < 1.29 is 17.7 Å². The summed E-state index contributed by atoms with van der Waals surface area (Å²) in [5.74, 6) is 0. The minimum Gasteiger partial charge on any atom is -0.398 e. The maximum absolute atomic E-state index is 5.99. The van der Waals surface area contributed by atoms with Gasteiger partial charge in [-0.2, -0.15) is 0 Å². The van der Waals surface area contributed by atoms with E-state index in [0.29, 0.717) is 0 Å². The molecule has 0 radical (unpaired) electrons. The Kier molecular flexibility index (Phi) is 22.4. The SMILES string of the molecule is CCCC[Si](CCCC)(OC)OC.CCCC[Si](CCCC)(OCC)OCC. The van der Waals surface area contributed by atoms with Crippen molar-refractivity contribution in [2.24, 2.45) is 0 Å². The van der Waals surface area contributed by atoms with Gasteiger partial charge in [-0.1, -0.05) is 79.1 Å². The molecule has 0 rings (SSSR count). The number of rotatable bonds is 18. The molecule has 0 fully saturated rings. The van der Waals surface area contributed by atoms with E-state index >= 15 is 0 Å². The molecule has 0 aliphatic rings. The predicted molar refractivity (Wildman–Crippen MR) is 128 cm³/mol. The lowest BCUT2D eigenvalue weighted by Crippen LogP contribution is -2.42. The second kappa shape index (κ2) is 20.5. The van der Waals surface area contributed by atoms with Crippen LogP contribution in [0.2, 0.25) is 24.2 Å². The minimum absolute atomic E-state index is 0.805. The van der Waals surface area contributed by atoms with Gasteiger partial charge in [0.25, 0.3) is 0 Å². The summed E-state index contributed by atoms with van der Waals surface area (Å²) in [6.45, 7) is 14.7. The van der Waals surface area contributed by atoms with Crippen LogP contribution in [0.1, 0.15) is 92.9 Å². The molecule has 0 saturated carbocycles. The Bertz CT molecular complexity index is 287. The van der Waals surface area contributed by atoms with E-state index in [2.05, 4.69) is 41.5 Å². The monoisotopic (exact) mass is 436 g/mol. The number of hydrogen-bond donors (Lipinski definition) is 0. The van der Waals surface area contributed by atoms with Gasteiger partial charge in [0, 0.05) is 27.4 Å². The van der Waals surface area contributed by atoms with E-state index in [-0.39, 0.29) is 0 Å². The molecular weight excluding hydrogens is 384 g/mol. The van der Waals surface area contributed by atoms with Crippen LogP contribution in [-0.2, 0) is 17.7 Å². The average Bonchev–Trinajstić information content (AvgIpc) is 2.72. The van der Waals surface area contributed by atoms with Crippen LogP contribution >= 0.6 is 0 Å². The van der Waals surface area contributed by atoms with Gasteiger partial charge in [-0.3, -0.25) is 0 Å². The molecule has 172 valence electrons. The standard InChI is InChI=1S/C12H28O2Si.C10H24O2Si/c1-5-9-11-15(13-7-3,14-8-4)12-10-6-2;1-5-7-9-13(11-3,12-4)10-8-6-2/h5-12H2,1-4H3;5-10H2,1-4H3. The van der Waals surface area contributed by atoms with E-state index in [9.17, 15) is 0 Å². The molecule has 0 aromatic heterocycles. The summed E-state index contributed by atoms with van der Waals surface area (Å²) in [5, 5.41) is 0. The Morgan fingerprint density at radius 3 is 0.964 bits per heavy atom. The van der Waals surface area contributed by atoms with Gasteiger partial charge < -0.3 is 17.7 Å². The molecule has 0 atom stereocenters. The molecule has 0 bridgehead atoms. The molecule has 4 nitrogen and oxygen atoms in total. The molecule has 0 amide bonds. The summed E-state index contributed by atoms with van der Waals surface area (Å²) in [6, 6.07) is 4.64.